The van der Waals surface area contributed by atoms with Crippen LogP contribution < -0.4 is 10.2 Å². The van der Waals surface area contributed by atoms with E-state index in [0.717, 1.165) is 4.90 Å². The van der Waals surface area contributed by atoms with Crippen molar-refractivity contribution in [3.05, 3.63) is 54.3 Å². The van der Waals surface area contributed by atoms with E-state index in [0.29, 0.717) is 31.6 Å². The molecule has 0 aliphatic carbocycles. The summed E-state index contributed by atoms with van der Waals surface area (Å²) in [5, 5.41) is 12.5. The van der Waals surface area contributed by atoms with Crippen LogP contribution in [-0.2, 0) is 14.4 Å². The fourth-order valence-corrected chi connectivity index (χ4v) is 4.07. The van der Waals surface area contributed by atoms with Gasteiger partial charge in [-0.3, -0.25) is 19.3 Å². The summed E-state index contributed by atoms with van der Waals surface area (Å²) in [5.41, 5.74) is 0.342. The maximum Gasteiger partial charge on any atom is 0.251 e. The maximum atomic E-state index is 14.1. The molecule has 2 aromatic rings. The zero-order valence-corrected chi connectivity index (χ0v) is 16.3. The monoisotopic (exact) mass is 411 g/mol. The predicted molar refractivity (Wildman–Crippen MR) is 108 cm³/mol. The lowest BCUT2D eigenvalue weighted by Gasteiger charge is -2.34. The van der Waals surface area contributed by atoms with Crippen LogP contribution in [0.15, 0.2) is 48.5 Å². The summed E-state index contributed by atoms with van der Waals surface area (Å²) in [6, 6.07) is 11.6. The quantitative estimate of drug-likeness (QED) is 0.596. The highest BCUT2D eigenvalue weighted by atomic mass is 19.1. The predicted octanol–water partition coefficient (Wildman–Crippen LogP) is 2.51. The summed E-state index contributed by atoms with van der Waals surface area (Å²) in [6.07, 6.45) is 1.05. The Bertz CT molecular complexity index is 988. The number of amides is 3. The van der Waals surface area contributed by atoms with Crippen molar-refractivity contribution < 1.29 is 23.9 Å². The van der Waals surface area contributed by atoms with Gasteiger partial charge in [-0.25, -0.2) is 9.29 Å². The number of hydrogen-bond acceptors (Lipinski definition) is 5. The van der Waals surface area contributed by atoms with E-state index < -0.39 is 23.7 Å². The molecule has 0 unspecified atom stereocenters. The molecule has 2 aliphatic heterocycles. The van der Waals surface area contributed by atoms with Crippen molar-refractivity contribution in [2.24, 2.45) is 5.92 Å². The zero-order valence-electron chi connectivity index (χ0n) is 16.3. The first-order valence-electron chi connectivity index (χ1n) is 9.90. The van der Waals surface area contributed by atoms with Crippen LogP contribution >= 0.6 is 0 Å². The Hall–Kier alpha value is -3.26. The van der Waals surface area contributed by atoms with Gasteiger partial charge in [0.25, 0.3) is 5.91 Å². The summed E-state index contributed by atoms with van der Waals surface area (Å²) in [4.78, 5) is 40.6. The number of phenolic OH excluding ortho intramolecular Hbond substituents is 1. The number of hydrogen-bond donors (Lipinski definition) is 2. The Labute approximate surface area is 173 Å². The van der Waals surface area contributed by atoms with Gasteiger partial charge < -0.3 is 10.4 Å². The van der Waals surface area contributed by atoms with Gasteiger partial charge in [0.15, 0.2) is 0 Å². The van der Waals surface area contributed by atoms with E-state index in [1.807, 2.05) is 4.90 Å². The van der Waals surface area contributed by atoms with E-state index in [1.165, 1.54) is 24.3 Å². The van der Waals surface area contributed by atoms with Crippen molar-refractivity contribution in [1.29, 1.82) is 0 Å². The van der Waals surface area contributed by atoms with E-state index in [9.17, 15) is 23.9 Å². The van der Waals surface area contributed by atoms with Gasteiger partial charge in [0, 0.05) is 5.92 Å². The van der Waals surface area contributed by atoms with Crippen molar-refractivity contribution in [2.45, 2.75) is 25.3 Å². The lowest BCUT2D eigenvalue weighted by atomic mass is 9.94. The molecule has 0 radical (unpaired) electrons. The molecule has 2 aromatic carbocycles. The number of carbonyl (C=O) groups is 3. The number of carbonyl (C=O) groups excluding carboxylic acids is 3. The van der Waals surface area contributed by atoms with Crippen molar-refractivity contribution in [3.63, 3.8) is 0 Å². The average Bonchev–Trinajstić information content (AvgIpc) is 3.04. The second-order valence-corrected chi connectivity index (χ2v) is 7.56. The molecular formula is C22H22FN3O4. The Morgan fingerprint density at radius 3 is 2.40 bits per heavy atom. The van der Waals surface area contributed by atoms with Gasteiger partial charge in [-0.05, 0) is 50.2 Å². The summed E-state index contributed by atoms with van der Waals surface area (Å²) in [5.74, 6) is -1.89. The molecule has 0 bridgehead atoms. The molecule has 4 rings (SSSR count). The van der Waals surface area contributed by atoms with E-state index >= 15 is 0 Å². The summed E-state index contributed by atoms with van der Waals surface area (Å²) >= 11 is 0. The molecule has 7 nitrogen and oxygen atoms in total. The third-order valence-corrected chi connectivity index (χ3v) is 5.72. The first-order chi connectivity index (χ1) is 14.5. The van der Waals surface area contributed by atoms with Gasteiger partial charge in [0.05, 0.1) is 23.8 Å². The lowest BCUT2D eigenvalue weighted by molar-refractivity contribution is -0.123. The normalized spacial score (nSPS) is 20.6. The number of rotatable bonds is 4. The lowest BCUT2D eigenvalue weighted by Crippen LogP contribution is -2.47. The number of nitrogens with zero attached hydrogens (tertiary/aromatic N) is 2. The van der Waals surface area contributed by atoms with Gasteiger partial charge in [-0.2, -0.15) is 0 Å². The minimum absolute atomic E-state index is 0.00190. The number of anilines is 2. The molecule has 2 heterocycles. The Morgan fingerprint density at radius 1 is 1.03 bits per heavy atom. The topological polar surface area (TPSA) is 89.9 Å². The van der Waals surface area contributed by atoms with Crippen LogP contribution in [0.5, 0.6) is 5.75 Å². The number of likely N-dealkylation sites (tertiary alicyclic amines) is 1. The fraction of sp³-hybridized carbons (Fsp3) is 0.318. The van der Waals surface area contributed by atoms with E-state index in [-0.39, 0.29) is 29.7 Å². The minimum Gasteiger partial charge on any atom is -0.506 e. The van der Waals surface area contributed by atoms with Crippen molar-refractivity contribution in [1.82, 2.24) is 4.90 Å². The number of imide groups is 1. The van der Waals surface area contributed by atoms with E-state index in [1.54, 1.807) is 24.3 Å². The number of para-hydroxylation sites is 3. The number of benzene rings is 2. The van der Waals surface area contributed by atoms with Gasteiger partial charge in [-0.15, -0.1) is 0 Å². The molecule has 0 saturated carbocycles. The van der Waals surface area contributed by atoms with Crippen LogP contribution in [-0.4, -0.2) is 46.9 Å². The Kier molecular flexibility index (Phi) is 5.50. The number of nitrogens with one attached hydrogen (secondary N) is 1. The Balaban J connectivity index is 1.38. The van der Waals surface area contributed by atoms with Gasteiger partial charge in [-0.1, -0.05) is 24.3 Å². The smallest absolute Gasteiger partial charge is 0.251 e. The molecule has 30 heavy (non-hydrogen) atoms. The zero-order chi connectivity index (χ0) is 21.3. The minimum atomic E-state index is -0.640. The van der Waals surface area contributed by atoms with Crippen molar-refractivity contribution >= 4 is 29.1 Å². The maximum absolute atomic E-state index is 14.1. The molecule has 0 aromatic heterocycles. The molecule has 8 heteroatoms. The first-order valence-corrected chi connectivity index (χ1v) is 9.90. The summed E-state index contributed by atoms with van der Waals surface area (Å²) in [7, 11) is 0. The largest absolute Gasteiger partial charge is 0.506 e. The van der Waals surface area contributed by atoms with Crippen LogP contribution in [0.1, 0.15) is 19.3 Å². The molecular weight excluding hydrogens is 389 g/mol. The third-order valence-electron chi connectivity index (χ3n) is 5.72. The highest BCUT2D eigenvalue weighted by Gasteiger charge is 2.44. The molecule has 3 amide bonds. The number of phenols is 1. The molecule has 2 N–H and O–H groups in total. The molecule has 2 fully saturated rings. The number of piperidine rings is 1. The second-order valence-electron chi connectivity index (χ2n) is 7.56. The summed E-state index contributed by atoms with van der Waals surface area (Å²) in [6.45, 7) is 0.960. The fourth-order valence-electron chi connectivity index (χ4n) is 4.07. The van der Waals surface area contributed by atoms with E-state index in [4.69, 9.17) is 0 Å². The molecule has 156 valence electrons. The van der Waals surface area contributed by atoms with E-state index in [2.05, 4.69) is 5.32 Å². The van der Waals surface area contributed by atoms with Gasteiger partial charge in [0.1, 0.15) is 11.6 Å². The molecule has 2 saturated heterocycles. The van der Waals surface area contributed by atoms with Crippen LogP contribution in [0.4, 0.5) is 15.8 Å². The van der Waals surface area contributed by atoms with Gasteiger partial charge in [0.2, 0.25) is 11.8 Å². The van der Waals surface area contributed by atoms with Crippen LogP contribution in [0, 0.1) is 11.7 Å². The standard InChI is InChI=1S/C22H22FN3O4/c23-15-5-1-3-7-17(15)26-20(28)13-18(22(26)30)25-11-9-14(10-12-25)21(29)24-16-6-2-4-8-19(16)27/h1-8,14,18,27H,9-13H2,(H,24,29)/t18-/m1/s1. The first kappa shape index (κ1) is 20.0. The van der Waals surface area contributed by atoms with Crippen molar-refractivity contribution in [2.75, 3.05) is 23.3 Å². The SMILES string of the molecule is O=C(Nc1ccccc1O)C1CCN([C@@H]2CC(=O)N(c3ccccc3F)C2=O)CC1. The van der Waals surface area contributed by atoms with Crippen LogP contribution in [0.2, 0.25) is 0 Å². The third kappa shape index (κ3) is 3.78. The van der Waals surface area contributed by atoms with Gasteiger partial charge >= 0.3 is 0 Å². The molecule has 2 aliphatic rings. The number of halogens is 1. The summed E-state index contributed by atoms with van der Waals surface area (Å²) < 4.78 is 14.1. The molecule has 1 atom stereocenters. The molecule has 0 spiro atoms. The highest BCUT2D eigenvalue weighted by Crippen LogP contribution is 2.31. The highest BCUT2D eigenvalue weighted by molar-refractivity contribution is 6.22. The second kappa shape index (κ2) is 8.23. The van der Waals surface area contributed by atoms with Crippen molar-refractivity contribution in [3.8, 4) is 5.75 Å². The average molecular weight is 411 g/mol. The van der Waals surface area contributed by atoms with Crippen LogP contribution in [0.25, 0.3) is 0 Å². The number of aromatic hydroxyl groups is 1. The van der Waals surface area contributed by atoms with Crippen LogP contribution in [0.3, 0.4) is 0 Å². The Morgan fingerprint density at radius 2 is 1.70 bits per heavy atom.